The van der Waals surface area contributed by atoms with Crippen LogP contribution in [-0.4, -0.2) is 14.8 Å². The monoisotopic (exact) mass is 277 g/mol. The van der Waals surface area contributed by atoms with Gasteiger partial charge in [0.15, 0.2) is 0 Å². The average Bonchev–Trinajstić information content (AvgIpc) is 2.32. The standard InChI is InChI=1S/C8H12IN3/c9-8-10-6-12(11-8)5-4-7-2-1-3-7/h6-7H,1-5H2. The average molecular weight is 277 g/mol. The zero-order valence-electron chi connectivity index (χ0n) is 6.91. The maximum Gasteiger partial charge on any atom is 0.211 e. The van der Waals surface area contributed by atoms with E-state index < -0.39 is 0 Å². The highest BCUT2D eigenvalue weighted by atomic mass is 127. The van der Waals surface area contributed by atoms with Crippen LogP contribution in [0.5, 0.6) is 0 Å². The van der Waals surface area contributed by atoms with Gasteiger partial charge in [0.05, 0.1) is 0 Å². The number of rotatable bonds is 3. The molecule has 0 atom stereocenters. The summed E-state index contributed by atoms with van der Waals surface area (Å²) in [5.74, 6) is 0.965. The zero-order chi connectivity index (χ0) is 8.39. The molecule has 12 heavy (non-hydrogen) atoms. The van der Waals surface area contributed by atoms with Crippen molar-refractivity contribution in [3.05, 3.63) is 10.2 Å². The third-order valence-corrected chi connectivity index (χ3v) is 2.99. The summed E-state index contributed by atoms with van der Waals surface area (Å²) in [6.45, 7) is 1.04. The first-order valence-electron chi connectivity index (χ1n) is 4.39. The number of nitrogens with zero attached hydrogens (tertiary/aromatic N) is 3. The molecule has 1 aliphatic rings. The van der Waals surface area contributed by atoms with Gasteiger partial charge in [0.25, 0.3) is 0 Å². The SMILES string of the molecule is Ic1ncn(CCC2CCC2)n1. The number of aromatic nitrogens is 3. The van der Waals surface area contributed by atoms with Gasteiger partial charge in [0, 0.05) is 29.1 Å². The summed E-state index contributed by atoms with van der Waals surface area (Å²) in [6.07, 6.45) is 7.37. The summed E-state index contributed by atoms with van der Waals surface area (Å²) in [5, 5.41) is 4.23. The van der Waals surface area contributed by atoms with Crippen LogP contribution in [0.25, 0.3) is 0 Å². The molecule has 0 amide bonds. The van der Waals surface area contributed by atoms with Crippen LogP contribution in [0.15, 0.2) is 6.33 Å². The number of halogens is 1. The molecule has 1 aromatic rings. The summed E-state index contributed by atoms with van der Waals surface area (Å²) in [7, 11) is 0. The lowest BCUT2D eigenvalue weighted by Gasteiger charge is -2.24. The Balaban J connectivity index is 1.79. The van der Waals surface area contributed by atoms with E-state index in [9.17, 15) is 0 Å². The Morgan fingerprint density at radius 2 is 2.42 bits per heavy atom. The Labute approximate surface area is 85.7 Å². The molecule has 4 heteroatoms. The molecule has 0 spiro atoms. The van der Waals surface area contributed by atoms with E-state index in [2.05, 4.69) is 32.7 Å². The van der Waals surface area contributed by atoms with Crippen molar-refractivity contribution >= 4 is 22.6 Å². The molecule has 0 aliphatic heterocycles. The minimum atomic E-state index is 0.848. The molecule has 0 N–H and O–H groups in total. The molecule has 1 aliphatic carbocycles. The highest BCUT2D eigenvalue weighted by molar-refractivity contribution is 14.1. The molecule has 0 aromatic carbocycles. The minimum Gasteiger partial charge on any atom is -0.252 e. The summed E-state index contributed by atoms with van der Waals surface area (Å²) < 4.78 is 2.79. The van der Waals surface area contributed by atoms with Crippen molar-refractivity contribution in [3.63, 3.8) is 0 Å². The fraction of sp³-hybridized carbons (Fsp3) is 0.750. The van der Waals surface area contributed by atoms with Gasteiger partial charge >= 0.3 is 0 Å². The summed E-state index contributed by atoms with van der Waals surface area (Å²) >= 11 is 2.14. The molecular formula is C8H12IN3. The van der Waals surface area contributed by atoms with Gasteiger partial charge in [-0.2, -0.15) is 0 Å². The summed E-state index contributed by atoms with van der Waals surface area (Å²) in [4.78, 5) is 4.08. The molecule has 1 saturated carbocycles. The van der Waals surface area contributed by atoms with E-state index in [-0.39, 0.29) is 0 Å². The third kappa shape index (κ3) is 1.97. The van der Waals surface area contributed by atoms with E-state index in [0.717, 1.165) is 16.3 Å². The van der Waals surface area contributed by atoms with Crippen LogP contribution in [-0.2, 0) is 6.54 Å². The predicted octanol–water partition coefficient (Wildman–Crippen LogP) is 2.07. The van der Waals surface area contributed by atoms with Gasteiger partial charge in [-0.15, -0.1) is 5.10 Å². The Kier molecular flexibility index (Phi) is 2.63. The Morgan fingerprint density at radius 3 is 2.92 bits per heavy atom. The molecule has 0 unspecified atom stereocenters. The predicted molar refractivity (Wildman–Crippen MR) is 54.7 cm³/mol. The Bertz CT molecular complexity index is 255. The van der Waals surface area contributed by atoms with E-state index in [1.165, 1.54) is 25.7 Å². The van der Waals surface area contributed by atoms with Crippen LogP contribution in [0, 0.1) is 9.75 Å². The highest BCUT2D eigenvalue weighted by Crippen LogP contribution is 2.29. The molecule has 2 rings (SSSR count). The fourth-order valence-corrected chi connectivity index (χ4v) is 1.88. The second-order valence-corrected chi connectivity index (χ2v) is 4.33. The first-order valence-corrected chi connectivity index (χ1v) is 5.47. The lowest BCUT2D eigenvalue weighted by molar-refractivity contribution is 0.277. The van der Waals surface area contributed by atoms with Crippen molar-refractivity contribution in [2.45, 2.75) is 32.2 Å². The number of hydrogen-bond donors (Lipinski definition) is 0. The van der Waals surface area contributed by atoms with Crippen molar-refractivity contribution in [3.8, 4) is 0 Å². The van der Waals surface area contributed by atoms with Gasteiger partial charge in [-0.05, 0) is 12.3 Å². The van der Waals surface area contributed by atoms with Gasteiger partial charge in [-0.3, -0.25) is 4.68 Å². The van der Waals surface area contributed by atoms with Crippen LogP contribution in [0.2, 0.25) is 0 Å². The van der Waals surface area contributed by atoms with Gasteiger partial charge in [-0.25, -0.2) is 4.98 Å². The normalized spacial score (nSPS) is 17.8. The van der Waals surface area contributed by atoms with Crippen LogP contribution in [0.3, 0.4) is 0 Å². The largest absolute Gasteiger partial charge is 0.252 e. The smallest absolute Gasteiger partial charge is 0.211 e. The van der Waals surface area contributed by atoms with Crippen LogP contribution in [0.1, 0.15) is 25.7 Å². The Hall–Kier alpha value is -0.130. The molecule has 0 radical (unpaired) electrons. The van der Waals surface area contributed by atoms with Crippen molar-refractivity contribution in [2.24, 2.45) is 5.92 Å². The van der Waals surface area contributed by atoms with Gasteiger partial charge in [0.2, 0.25) is 3.83 Å². The number of hydrogen-bond acceptors (Lipinski definition) is 2. The second kappa shape index (κ2) is 3.72. The molecule has 66 valence electrons. The molecular weight excluding hydrogens is 265 g/mol. The molecule has 1 heterocycles. The first-order chi connectivity index (χ1) is 5.84. The highest BCUT2D eigenvalue weighted by Gasteiger charge is 2.16. The van der Waals surface area contributed by atoms with E-state index in [0.29, 0.717) is 0 Å². The van der Waals surface area contributed by atoms with E-state index in [4.69, 9.17) is 0 Å². The topological polar surface area (TPSA) is 30.7 Å². The third-order valence-electron chi connectivity index (χ3n) is 2.50. The van der Waals surface area contributed by atoms with Gasteiger partial charge in [-0.1, -0.05) is 19.3 Å². The maximum absolute atomic E-state index is 4.23. The maximum atomic E-state index is 4.23. The van der Waals surface area contributed by atoms with Crippen molar-refractivity contribution in [1.82, 2.24) is 14.8 Å². The van der Waals surface area contributed by atoms with Crippen molar-refractivity contribution < 1.29 is 0 Å². The zero-order valence-corrected chi connectivity index (χ0v) is 9.07. The van der Waals surface area contributed by atoms with E-state index >= 15 is 0 Å². The quantitative estimate of drug-likeness (QED) is 0.792. The van der Waals surface area contributed by atoms with E-state index in [1.54, 1.807) is 0 Å². The Morgan fingerprint density at radius 1 is 1.58 bits per heavy atom. The number of aryl methyl sites for hydroxylation is 1. The summed E-state index contributed by atoms with van der Waals surface area (Å²) in [5.41, 5.74) is 0. The lowest BCUT2D eigenvalue weighted by atomic mass is 9.83. The fourth-order valence-electron chi connectivity index (χ4n) is 1.48. The molecule has 3 nitrogen and oxygen atoms in total. The lowest BCUT2D eigenvalue weighted by Crippen LogP contribution is -2.14. The molecule has 0 bridgehead atoms. The van der Waals surface area contributed by atoms with E-state index in [1.807, 2.05) is 11.0 Å². The molecule has 1 aromatic heterocycles. The minimum absolute atomic E-state index is 0.848. The molecule has 1 fully saturated rings. The van der Waals surface area contributed by atoms with Crippen LogP contribution >= 0.6 is 22.6 Å². The summed E-state index contributed by atoms with van der Waals surface area (Å²) in [6, 6.07) is 0. The van der Waals surface area contributed by atoms with Crippen LogP contribution < -0.4 is 0 Å². The van der Waals surface area contributed by atoms with Crippen molar-refractivity contribution in [1.29, 1.82) is 0 Å². The first kappa shape index (κ1) is 8.47. The van der Waals surface area contributed by atoms with Crippen LogP contribution in [0.4, 0.5) is 0 Å². The van der Waals surface area contributed by atoms with Gasteiger partial charge in [0.1, 0.15) is 6.33 Å². The van der Waals surface area contributed by atoms with Gasteiger partial charge < -0.3 is 0 Å². The van der Waals surface area contributed by atoms with Crippen molar-refractivity contribution in [2.75, 3.05) is 0 Å². The second-order valence-electron chi connectivity index (χ2n) is 3.36. The molecule has 0 saturated heterocycles.